The van der Waals surface area contributed by atoms with Gasteiger partial charge in [0.05, 0.1) is 0 Å². The molecule has 3 aromatic carbocycles. The second-order valence-electron chi connectivity index (χ2n) is 14.1. The van der Waals surface area contributed by atoms with Gasteiger partial charge in [-0.2, -0.15) is 0 Å². The summed E-state index contributed by atoms with van der Waals surface area (Å²) in [4.78, 5) is 0. The first-order valence-corrected chi connectivity index (χ1v) is 19.8. The van der Waals surface area contributed by atoms with Crippen molar-refractivity contribution in [2.45, 2.75) is 155 Å². The zero-order chi connectivity index (χ0) is 33.2. The molecule has 0 radical (unpaired) electrons. The Morgan fingerprint density at radius 1 is 0.375 bits per heavy atom. The summed E-state index contributed by atoms with van der Waals surface area (Å²) in [5.74, 6) is 3.30. The fourth-order valence-corrected chi connectivity index (χ4v) is 7.26. The van der Waals surface area contributed by atoms with E-state index < -0.39 is 14.2 Å². The SMILES string of the molecule is CCCCCCCCCCCCc1cc(B2Oc3ccccc3O2)c(CCCCCCCCCCCC)cc1B1Oc2ccccc2O1. The topological polar surface area (TPSA) is 36.9 Å². The van der Waals surface area contributed by atoms with E-state index in [0.717, 1.165) is 59.6 Å². The molecule has 0 fully saturated rings. The third-order valence-electron chi connectivity index (χ3n) is 10.1. The Hall–Kier alpha value is -3.01. The molecule has 2 heterocycles. The van der Waals surface area contributed by atoms with Gasteiger partial charge in [0.25, 0.3) is 0 Å². The van der Waals surface area contributed by atoms with Crippen molar-refractivity contribution in [1.29, 1.82) is 0 Å². The van der Waals surface area contributed by atoms with Crippen LogP contribution in [0.15, 0.2) is 60.7 Å². The molecular weight excluding hydrogens is 590 g/mol. The maximum absolute atomic E-state index is 6.42. The zero-order valence-electron chi connectivity index (χ0n) is 30.1. The van der Waals surface area contributed by atoms with Crippen LogP contribution in [0.2, 0.25) is 0 Å². The third kappa shape index (κ3) is 11.0. The lowest BCUT2D eigenvalue weighted by molar-refractivity contribution is 0.515. The first-order valence-electron chi connectivity index (χ1n) is 19.8. The summed E-state index contributed by atoms with van der Waals surface area (Å²) in [5, 5.41) is 0. The lowest BCUT2D eigenvalue weighted by atomic mass is 9.67. The molecule has 6 heteroatoms. The summed E-state index contributed by atoms with van der Waals surface area (Å²) in [6.45, 7) is 4.58. The van der Waals surface area contributed by atoms with Crippen molar-refractivity contribution < 1.29 is 18.6 Å². The number of hydrogen-bond donors (Lipinski definition) is 0. The van der Waals surface area contributed by atoms with E-state index in [0.29, 0.717) is 0 Å². The average Bonchev–Trinajstić information content (AvgIpc) is 3.75. The molecule has 48 heavy (non-hydrogen) atoms. The third-order valence-corrected chi connectivity index (χ3v) is 10.1. The minimum Gasteiger partial charge on any atom is -0.519 e. The summed E-state index contributed by atoms with van der Waals surface area (Å²) in [5.41, 5.74) is 4.89. The molecule has 0 spiro atoms. The van der Waals surface area contributed by atoms with Gasteiger partial charge in [0.1, 0.15) is 23.0 Å². The van der Waals surface area contributed by atoms with Crippen LogP contribution in [0.5, 0.6) is 23.0 Å². The summed E-state index contributed by atoms with van der Waals surface area (Å²) >= 11 is 0. The van der Waals surface area contributed by atoms with Crippen LogP contribution >= 0.6 is 0 Å². The Balaban J connectivity index is 1.26. The Morgan fingerprint density at radius 3 is 0.938 bits per heavy atom. The van der Waals surface area contributed by atoms with E-state index >= 15 is 0 Å². The summed E-state index contributed by atoms with van der Waals surface area (Å²) < 4.78 is 25.7. The van der Waals surface area contributed by atoms with Crippen LogP contribution in [0.1, 0.15) is 153 Å². The smallest absolute Gasteiger partial charge is 0.519 e. The van der Waals surface area contributed by atoms with Gasteiger partial charge in [0, 0.05) is 10.9 Å². The normalized spacial score (nSPS) is 13.1. The van der Waals surface area contributed by atoms with Crippen molar-refractivity contribution in [2.75, 3.05) is 0 Å². The Labute approximate surface area is 293 Å². The lowest BCUT2D eigenvalue weighted by Gasteiger charge is -2.18. The Morgan fingerprint density at radius 2 is 0.646 bits per heavy atom. The highest BCUT2D eigenvalue weighted by Crippen LogP contribution is 2.34. The van der Waals surface area contributed by atoms with Crippen molar-refractivity contribution in [3.63, 3.8) is 0 Å². The first-order chi connectivity index (χ1) is 23.8. The number of fused-ring (bicyclic) bond motifs is 2. The van der Waals surface area contributed by atoms with E-state index in [1.807, 2.05) is 48.5 Å². The highest BCUT2D eigenvalue weighted by atomic mass is 16.6. The molecule has 0 saturated heterocycles. The molecule has 0 saturated carbocycles. The van der Waals surface area contributed by atoms with E-state index in [9.17, 15) is 0 Å². The minimum absolute atomic E-state index is 0.427. The Kier molecular flexibility index (Phi) is 15.5. The molecule has 0 bridgehead atoms. The van der Waals surface area contributed by atoms with Crippen LogP contribution in [0.25, 0.3) is 0 Å². The Bertz CT molecular complexity index is 1210. The van der Waals surface area contributed by atoms with Crippen LogP contribution in [-0.4, -0.2) is 14.2 Å². The molecule has 2 aliphatic heterocycles. The second kappa shape index (κ2) is 20.5. The van der Waals surface area contributed by atoms with Crippen LogP contribution in [0, 0.1) is 0 Å². The standard InChI is InChI=1S/C42H60B2O4/c1-3-5-7-9-11-13-15-17-19-21-27-35-33-38(44-47-41-31-25-26-32-42(41)48-44)36(28-22-20-18-16-14-12-10-8-6-4-2)34-37(35)43-45-39-29-23-24-30-40(39)46-43/h23-26,29-34H,3-22,27-28H2,1-2H3. The average molecular weight is 651 g/mol. The largest absolute Gasteiger partial charge is 0.633 e. The van der Waals surface area contributed by atoms with Crippen molar-refractivity contribution in [3.8, 4) is 23.0 Å². The number of para-hydroxylation sites is 4. The van der Waals surface area contributed by atoms with Gasteiger partial charge in [0.2, 0.25) is 0 Å². The summed E-state index contributed by atoms with van der Waals surface area (Å²) in [7, 11) is -0.854. The molecular formula is C42H60B2O4. The predicted molar refractivity (Wildman–Crippen MR) is 204 cm³/mol. The maximum Gasteiger partial charge on any atom is 0.633 e. The van der Waals surface area contributed by atoms with Crippen LogP contribution in [0.3, 0.4) is 0 Å². The van der Waals surface area contributed by atoms with Crippen LogP contribution < -0.4 is 29.5 Å². The second-order valence-corrected chi connectivity index (χ2v) is 14.1. The molecule has 5 rings (SSSR count). The van der Waals surface area contributed by atoms with E-state index in [2.05, 4.69) is 26.0 Å². The predicted octanol–water partition coefficient (Wildman–Crippen LogP) is 10.9. The van der Waals surface area contributed by atoms with Gasteiger partial charge in [-0.05, 0) is 61.1 Å². The van der Waals surface area contributed by atoms with Gasteiger partial charge in [-0.1, -0.05) is 166 Å². The van der Waals surface area contributed by atoms with E-state index in [1.54, 1.807) is 0 Å². The van der Waals surface area contributed by atoms with Gasteiger partial charge in [0.15, 0.2) is 0 Å². The van der Waals surface area contributed by atoms with Gasteiger partial charge in [-0.3, -0.25) is 0 Å². The molecule has 258 valence electrons. The zero-order valence-corrected chi connectivity index (χ0v) is 30.1. The quantitative estimate of drug-likeness (QED) is 0.0714. The van der Waals surface area contributed by atoms with Gasteiger partial charge >= 0.3 is 14.2 Å². The summed E-state index contributed by atoms with van der Waals surface area (Å²) in [6.07, 6.45) is 28.6. The molecule has 4 nitrogen and oxygen atoms in total. The van der Waals surface area contributed by atoms with E-state index in [4.69, 9.17) is 18.6 Å². The minimum atomic E-state index is -0.427. The molecule has 0 unspecified atom stereocenters. The molecule has 0 amide bonds. The fourth-order valence-electron chi connectivity index (χ4n) is 7.26. The van der Waals surface area contributed by atoms with E-state index in [1.165, 1.54) is 127 Å². The van der Waals surface area contributed by atoms with Crippen LogP contribution in [0.4, 0.5) is 0 Å². The molecule has 3 aromatic rings. The number of rotatable bonds is 24. The fraction of sp³-hybridized carbons (Fsp3) is 0.571. The summed E-state index contributed by atoms with van der Waals surface area (Å²) in [6, 6.07) is 20.8. The van der Waals surface area contributed by atoms with Gasteiger partial charge in [-0.15, -0.1) is 0 Å². The van der Waals surface area contributed by atoms with Crippen molar-refractivity contribution in [2.24, 2.45) is 0 Å². The van der Waals surface area contributed by atoms with Crippen molar-refractivity contribution in [1.82, 2.24) is 0 Å². The van der Waals surface area contributed by atoms with E-state index in [-0.39, 0.29) is 0 Å². The number of hydrogen-bond acceptors (Lipinski definition) is 4. The lowest BCUT2D eigenvalue weighted by Crippen LogP contribution is -2.47. The first kappa shape index (κ1) is 36.3. The molecule has 0 aromatic heterocycles. The number of benzene rings is 3. The van der Waals surface area contributed by atoms with Gasteiger partial charge in [-0.25, -0.2) is 0 Å². The number of aryl methyl sites for hydroxylation is 2. The highest BCUT2D eigenvalue weighted by Gasteiger charge is 2.40. The molecule has 0 N–H and O–H groups in total. The molecule has 2 aliphatic rings. The van der Waals surface area contributed by atoms with Crippen LogP contribution in [-0.2, 0) is 12.8 Å². The monoisotopic (exact) mass is 650 g/mol. The molecule has 0 atom stereocenters. The molecule has 0 aliphatic carbocycles. The van der Waals surface area contributed by atoms with Crippen molar-refractivity contribution in [3.05, 3.63) is 71.8 Å². The maximum atomic E-state index is 6.42. The van der Waals surface area contributed by atoms with Crippen molar-refractivity contribution >= 4 is 25.2 Å². The highest BCUT2D eigenvalue weighted by molar-refractivity contribution is 6.66. The number of unbranched alkanes of at least 4 members (excludes halogenated alkanes) is 18. The van der Waals surface area contributed by atoms with Gasteiger partial charge < -0.3 is 18.6 Å².